The van der Waals surface area contributed by atoms with Gasteiger partial charge in [0.1, 0.15) is 0 Å². The van der Waals surface area contributed by atoms with Crippen LogP contribution in [0, 0.1) is 0 Å². The summed E-state index contributed by atoms with van der Waals surface area (Å²) in [4.78, 5) is 27.6. The highest BCUT2D eigenvalue weighted by Crippen LogP contribution is 2.38. The molecular weight excluding hydrogens is 396 g/mol. The van der Waals surface area contributed by atoms with E-state index in [0.717, 1.165) is 21.3 Å². The predicted octanol–water partition coefficient (Wildman–Crippen LogP) is 5.21. The molecule has 3 N–H and O–H groups in total. The number of H-pyrrole nitrogens is 1. The molecule has 0 unspecified atom stereocenters. The summed E-state index contributed by atoms with van der Waals surface area (Å²) in [6.07, 6.45) is 1.77. The molecule has 1 aromatic heterocycles. The number of benzene rings is 1. The Hall–Kier alpha value is -2.34. The summed E-state index contributed by atoms with van der Waals surface area (Å²) in [7, 11) is 0. The monoisotopic (exact) mass is 416 g/mol. The topological polar surface area (TPSA) is 82.2 Å². The van der Waals surface area contributed by atoms with E-state index in [1.807, 2.05) is 45.9 Å². The Balaban J connectivity index is 2.24. The number of carbonyl (C=O) groups excluding carboxylic acids is 1. The molecule has 0 fully saturated rings. The molecule has 2 heterocycles. The standard InChI is InChI=1S/C20H21BrN2O3/c1-9(2)16-15(22-18(10(3)4)17(16)20(25)26)8-13-12-7-11(21)5-6-14(12)23-19(13)24/h5-10,22H,1-4H3,(H,23,24)(H,25,26). The third kappa shape index (κ3) is 3.09. The number of carboxylic acids is 1. The zero-order valence-electron chi connectivity index (χ0n) is 15.1. The van der Waals surface area contributed by atoms with Crippen LogP contribution in [-0.2, 0) is 4.79 Å². The molecule has 3 rings (SSSR count). The molecule has 1 aromatic carbocycles. The van der Waals surface area contributed by atoms with Crippen molar-refractivity contribution >= 4 is 45.1 Å². The van der Waals surface area contributed by atoms with E-state index in [2.05, 4.69) is 26.2 Å². The Morgan fingerprint density at radius 2 is 1.88 bits per heavy atom. The number of anilines is 1. The lowest BCUT2D eigenvalue weighted by Crippen LogP contribution is -2.06. The van der Waals surface area contributed by atoms with Crippen molar-refractivity contribution in [3.8, 4) is 0 Å². The lowest BCUT2D eigenvalue weighted by atomic mass is 9.94. The van der Waals surface area contributed by atoms with Gasteiger partial charge in [-0.1, -0.05) is 43.6 Å². The number of hydrogen-bond donors (Lipinski definition) is 3. The van der Waals surface area contributed by atoms with Crippen LogP contribution in [0.2, 0.25) is 0 Å². The van der Waals surface area contributed by atoms with Gasteiger partial charge in [0.25, 0.3) is 5.91 Å². The van der Waals surface area contributed by atoms with Crippen LogP contribution in [0.15, 0.2) is 22.7 Å². The average Bonchev–Trinajstić information content (AvgIpc) is 3.07. The molecule has 1 aliphatic heterocycles. The van der Waals surface area contributed by atoms with Crippen LogP contribution in [0.25, 0.3) is 11.6 Å². The van der Waals surface area contributed by atoms with Gasteiger partial charge < -0.3 is 15.4 Å². The molecule has 0 atom stereocenters. The van der Waals surface area contributed by atoms with E-state index in [0.29, 0.717) is 22.5 Å². The van der Waals surface area contributed by atoms with Gasteiger partial charge in [0.2, 0.25) is 0 Å². The normalized spacial score (nSPS) is 15.0. The van der Waals surface area contributed by atoms with Gasteiger partial charge in [-0.05, 0) is 41.7 Å². The van der Waals surface area contributed by atoms with Crippen molar-refractivity contribution in [1.82, 2.24) is 4.98 Å². The Labute approximate surface area is 160 Å². The third-order valence-electron chi connectivity index (χ3n) is 4.52. The first kappa shape index (κ1) is 18.5. The maximum atomic E-state index is 12.5. The highest BCUT2D eigenvalue weighted by atomic mass is 79.9. The number of aromatic nitrogens is 1. The summed E-state index contributed by atoms with van der Waals surface area (Å²) in [6.45, 7) is 7.82. The Kier molecular flexibility index (Phi) is 4.80. The molecule has 1 aliphatic rings. The zero-order chi connectivity index (χ0) is 19.2. The summed E-state index contributed by atoms with van der Waals surface area (Å²) in [5.41, 5.74) is 4.48. The van der Waals surface area contributed by atoms with Gasteiger partial charge in [-0.25, -0.2) is 4.79 Å². The second-order valence-electron chi connectivity index (χ2n) is 7.06. The highest BCUT2D eigenvalue weighted by Gasteiger charge is 2.28. The fourth-order valence-corrected chi connectivity index (χ4v) is 3.74. The number of amides is 1. The van der Waals surface area contributed by atoms with Gasteiger partial charge in [0.05, 0.1) is 11.1 Å². The summed E-state index contributed by atoms with van der Waals surface area (Å²) in [5.74, 6) is -1.10. The number of aromatic amines is 1. The molecule has 0 saturated carbocycles. The maximum Gasteiger partial charge on any atom is 0.337 e. The van der Waals surface area contributed by atoms with Gasteiger partial charge in [-0.15, -0.1) is 0 Å². The van der Waals surface area contributed by atoms with E-state index in [9.17, 15) is 14.7 Å². The fourth-order valence-electron chi connectivity index (χ4n) is 3.38. The Morgan fingerprint density at radius 1 is 1.19 bits per heavy atom. The minimum atomic E-state index is -0.947. The minimum absolute atomic E-state index is 0.00291. The largest absolute Gasteiger partial charge is 0.478 e. The van der Waals surface area contributed by atoms with Crippen LogP contribution in [-0.4, -0.2) is 22.0 Å². The molecular formula is C20H21BrN2O3. The summed E-state index contributed by atoms with van der Waals surface area (Å²) < 4.78 is 0.878. The summed E-state index contributed by atoms with van der Waals surface area (Å²) >= 11 is 3.44. The van der Waals surface area contributed by atoms with E-state index < -0.39 is 5.97 Å². The first-order chi connectivity index (χ1) is 12.2. The van der Waals surface area contributed by atoms with E-state index >= 15 is 0 Å². The predicted molar refractivity (Wildman–Crippen MR) is 107 cm³/mol. The Bertz CT molecular complexity index is 939. The molecule has 136 valence electrons. The smallest absolute Gasteiger partial charge is 0.337 e. The van der Waals surface area contributed by atoms with E-state index in [1.165, 1.54) is 0 Å². The quantitative estimate of drug-likeness (QED) is 0.597. The van der Waals surface area contributed by atoms with Crippen LogP contribution < -0.4 is 5.32 Å². The number of carboxylic acid groups (broad SMARTS) is 1. The lowest BCUT2D eigenvalue weighted by molar-refractivity contribution is -0.110. The summed E-state index contributed by atoms with van der Waals surface area (Å²) in [6, 6.07) is 5.60. The lowest BCUT2D eigenvalue weighted by Gasteiger charge is -2.08. The van der Waals surface area contributed by atoms with Gasteiger partial charge in [-0.3, -0.25) is 4.79 Å². The Morgan fingerprint density at radius 3 is 2.46 bits per heavy atom. The van der Waals surface area contributed by atoms with Crippen molar-refractivity contribution in [1.29, 1.82) is 0 Å². The van der Waals surface area contributed by atoms with Gasteiger partial charge in [0, 0.05) is 27.1 Å². The zero-order valence-corrected chi connectivity index (χ0v) is 16.7. The number of nitrogens with one attached hydrogen (secondary N) is 2. The van der Waals surface area contributed by atoms with E-state index in [-0.39, 0.29) is 17.7 Å². The van der Waals surface area contributed by atoms with Crippen molar-refractivity contribution < 1.29 is 14.7 Å². The molecule has 0 saturated heterocycles. The molecule has 0 bridgehead atoms. The van der Waals surface area contributed by atoms with Crippen molar-refractivity contribution in [2.45, 2.75) is 39.5 Å². The van der Waals surface area contributed by atoms with Crippen molar-refractivity contribution in [3.05, 3.63) is 50.8 Å². The fraction of sp³-hybridized carbons (Fsp3) is 0.300. The number of halogens is 1. The second kappa shape index (κ2) is 6.76. The number of rotatable bonds is 4. The van der Waals surface area contributed by atoms with Crippen LogP contribution in [0.4, 0.5) is 5.69 Å². The summed E-state index contributed by atoms with van der Waals surface area (Å²) in [5, 5.41) is 12.6. The van der Waals surface area contributed by atoms with E-state index in [4.69, 9.17) is 0 Å². The van der Waals surface area contributed by atoms with Crippen molar-refractivity contribution in [2.24, 2.45) is 0 Å². The molecule has 0 radical (unpaired) electrons. The number of carbonyl (C=O) groups is 2. The SMILES string of the molecule is CC(C)c1[nH]c(C=C2C(=O)Nc3ccc(Br)cc32)c(C(C)C)c1C(=O)O. The van der Waals surface area contributed by atoms with Crippen LogP contribution in [0.3, 0.4) is 0 Å². The molecule has 6 heteroatoms. The molecule has 26 heavy (non-hydrogen) atoms. The molecule has 1 amide bonds. The van der Waals surface area contributed by atoms with Gasteiger partial charge >= 0.3 is 5.97 Å². The molecule has 0 spiro atoms. The number of hydrogen-bond acceptors (Lipinski definition) is 2. The number of aromatic carboxylic acids is 1. The second-order valence-corrected chi connectivity index (χ2v) is 7.97. The van der Waals surface area contributed by atoms with Gasteiger partial charge in [-0.2, -0.15) is 0 Å². The van der Waals surface area contributed by atoms with Crippen LogP contribution in [0.1, 0.15) is 72.4 Å². The molecule has 0 aliphatic carbocycles. The van der Waals surface area contributed by atoms with Crippen molar-refractivity contribution in [3.63, 3.8) is 0 Å². The third-order valence-corrected chi connectivity index (χ3v) is 5.01. The minimum Gasteiger partial charge on any atom is -0.478 e. The van der Waals surface area contributed by atoms with Gasteiger partial charge in [0.15, 0.2) is 0 Å². The molecule has 2 aromatic rings. The van der Waals surface area contributed by atoms with Crippen molar-refractivity contribution in [2.75, 3.05) is 5.32 Å². The van der Waals surface area contributed by atoms with Crippen LogP contribution in [0.5, 0.6) is 0 Å². The first-order valence-corrected chi connectivity index (χ1v) is 9.32. The maximum absolute atomic E-state index is 12.5. The molecule has 5 nitrogen and oxygen atoms in total. The average molecular weight is 417 g/mol. The van der Waals surface area contributed by atoms with E-state index in [1.54, 1.807) is 6.08 Å². The first-order valence-electron chi connectivity index (χ1n) is 8.52. The highest BCUT2D eigenvalue weighted by molar-refractivity contribution is 9.10. The number of fused-ring (bicyclic) bond motifs is 1. The van der Waals surface area contributed by atoms with Crippen LogP contribution >= 0.6 is 15.9 Å².